The summed E-state index contributed by atoms with van der Waals surface area (Å²) in [5.74, 6) is -0.312. The Bertz CT molecular complexity index is 466. The maximum Gasteiger partial charge on any atom is 0.170 e. The predicted molar refractivity (Wildman–Crippen MR) is 88.5 cm³/mol. The zero-order valence-electron chi connectivity index (χ0n) is 12.4. The Labute approximate surface area is 138 Å². The summed E-state index contributed by atoms with van der Waals surface area (Å²) >= 11 is 5.34. The molecule has 2 fully saturated rings. The molecule has 1 aromatic heterocycles. The van der Waals surface area contributed by atoms with Gasteiger partial charge in [0.25, 0.3) is 0 Å². The third-order valence-electron chi connectivity index (χ3n) is 4.52. The number of piperidine rings is 1. The molecule has 2 aliphatic rings. The summed E-state index contributed by atoms with van der Waals surface area (Å²) < 4.78 is 12.8. The largest absolute Gasteiger partial charge is 0.347 e. The summed E-state index contributed by atoms with van der Waals surface area (Å²) in [4.78, 5) is 3.85. The lowest BCUT2D eigenvalue weighted by molar-refractivity contribution is -0.188. The number of halogens is 1. The number of nitrogens with two attached hydrogens (primary N) is 1. The molecule has 2 atom stereocenters. The van der Waals surface area contributed by atoms with Crippen LogP contribution in [0.25, 0.3) is 0 Å². The first kappa shape index (κ1) is 15.9. The first-order valence-electron chi connectivity index (χ1n) is 7.65. The molecule has 2 saturated heterocycles. The minimum Gasteiger partial charge on any atom is -0.347 e. The molecule has 2 aliphatic heterocycles. The third kappa shape index (κ3) is 3.35. The van der Waals surface area contributed by atoms with Gasteiger partial charge in [0.05, 0.1) is 19.3 Å². The van der Waals surface area contributed by atoms with Gasteiger partial charge in [-0.2, -0.15) is 0 Å². The third-order valence-corrected chi connectivity index (χ3v) is 6.29. The molecule has 3 heterocycles. The maximum atomic E-state index is 6.42. The van der Waals surface area contributed by atoms with Crippen LogP contribution in [0.1, 0.15) is 37.1 Å². The van der Waals surface area contributed by atoms with Crippen molar-refractivity contribution >= 4 is 27.3 Å². The highest BCUT2D eigenvalue weighted by molar-refractivity contribution is 9.10. The van der Waals surface area contributed by atoms with E-state index in [1.165, 1.54) is 4.88 Å². The van der Waals surface area contributed by atoms with Gasteiger partial charge >= 0.3 is 0 Å². The van der Waals surface area contributed by atoms with E-state index >= 15 is 0 Å². The van der Waals surface area contributed by atoms with Gasteiger partial charge in [-0.05, 0) is 28.4 Å². The highest BCUT2D eigenvalue weighted by Gasteiger charge is 2.42. The number of likely N-dealkylation sites (tertiary alicyclic amines) is 1. The zero-order valence-corrected chi connectivity index (χ0v) is 14.8. The molecule has 2 N–H and O–H groups in total. The van der Waals surface area contributed by atoms with E-state index in [0.29, 0.717) is 6.04 Å². The van der Waals surface area contributed by atoms with E-state index in [4.69, 9.17) is 15.2 Å². The Morgan fingerprint density at radius 1 is 1.38 bits per heavy atom. The molecule has 0 amide bonds. The standard InChI is InChI=1S/C15H23BrN2O2S/c1-2-12(17)14(13-9-11(16)10-21-13)18-5-3-15(4-6-18)19-7-8-20-15/h9-10,12,14H,2-8,17H2,1H3. The molecule has 0 bridgehead atoms. The minimum absolute atomic E-state index is 0.162. The van der Waals surface area contributed by atoms with Crippen molar-refractivity contribution < 1.29 is 9.47 Å². The van der Waals surface area contributed by atoms with Gasteiger partial charge in [0, 0.05) is 46.7 Å². The van der Waals surface area contributed by atoms with Crippen molar-refractivity contribution in [2.45, 2.75) is 44.1 Å². The lowest BCUT2D eigenvalue weighted by Gasteiger charge is -2.42. The van der Waals surface area contributed by atoms with E-state index in [2.05, 4.69) is 39.2 Å². The zero-order chi connectivity index (χ0) is 14.9. The minimum atomic E-state index is -0.312. The van der Waals surface area contributed by atoms with Crippen molar-refractivity contribution in [2.24, 2.45) is 5.73 Å². The van der Waals surface area contributed by atoms with Crippen LogP contribution in [-0.2, 0) is 9.47 Å². The molecule has 0 aromatic carbocycles. The van der Waals surface area contributed by atoms with Gasteiger partial charge in [-0.25, -0.2) is 0 Å². The molecule has 1 spiro atoms. The van der Waals surface area contributed by atoms with Crippen LogP contribution in [0.3, 0.4) is 0 Å². The molecular weight excluding hydrogens is 352 g/mol. The normalized spacial score (nSPS) is 25.3. The number of hydrogen-bond donors (Lipinski definition) is 1. The SMILES string of the molecule is CCC(N)C(c1cc(Br)cs1)N1CCC2(CC1)OCCO2. The van der Waals surface area contributed by atoms with Crippen molar-refractivity contribution in [1.82, 2.24) is 4.90 Å². The van der Waals surface area contributed by atoms with E-state index < -0.39 is 0 Å². The predicted octanol–water partition coefficient (Wildman–Crippen LogP) is 3.13. The van der Waals surface area contributed by atoms with Gasteiger partial charge < -0.3 is 15.2 Å². The van der Waals surface area contributed by atoms with Crippen molar-refractivity contribution in [1.29, 1.82) is 0 Å². The number of nitrogens with zero attached hydrogens (tertiary/aromatic N) is 1. The van der Waals surface area contributed by atoms with E-state index in [9.17, 15) is 0 Å². The van der Waals surface area contributed by atoms with Crippen LogP contribution >= 0.6 is 27.3 Å². The van der Waals surface area contributed by atoms with Gasteiger partial charge in [0.15, 0.2) is 5.79 Å². The lowest BCUT2D eigenvalue weighted by Crippen LogP contribution is -2.49. The summed E-state index contributed by atoms with van der Waals surface area (Å²) in [7, 11) is 0. The maximum absolute atomic E-state index is 6.42. The first-order valence-corrected chi connectivity index (χ1v) is 9.32. The molecule has 4 nitrogen and oxygen atoms in total. The van der Waals surface area contributed by atoms with Crippen LogP contribution in [0.5, 0.6) is 0 Å². The second kappa shape index (κ2) is 6.64. The molecule has 3 rings (SSSR count). The highest BCUT2D eigenvalue weighted by Crippen LogP contribution is 2.38. The van der Waals surface area contributed by atoms with Crippen molar-refractivity contribution in [3.8, 4) is 0 Å². The molecule has 118 valence electrons. The molecule has 0 aliphatic carbocycles. The Kier molecular flexibility index (Phi) is 5.03. The Morgan fingerprint density at radius 3 is 2.57 bits per heavy atom. The van der Waals surface area contributed by atoms with Gasteiger partial charge in [0.2, 0.25) is 0 Å². The van der Waals surface area contributed by atoms with Crippen LogP contribution in [0.15, 0.2) is 15.9 Å². The molecule has 0 saturated carbocycles. The van der Waals surface area contributed by atoms with Crippen LogP contribution in [0.2, 0.25) is 0 Å². The fraction of sp³-hybridized carbons (Fsp3) is 0.733. The summed E-state index contributed by atoms with van der Waals surface area (Å²) in [6, 6.07) is 2.66. The van der Waals surface area contributed by atoms with Gasteiger partial charge in [-0.1, -0.05) is 6.92 Å². The Balaban J connectivity index is 1.72. The lowest BCUT2D eigenvalue weighted by atomic mass is 9.97. The van der Waals surface area contributed by atoms with Gasteiger partial charge in [-0.15, -0.1) is 11.3 Å². The Morgan fingerprint density at radius 2 is 2.05 bits per heavy atom. The molecule has 1 aromatic rings. The first-order chi connectivity index (χ1) is 10.1. The van der Waals surface area contributed by atoms with Crippen LogP contribution < -0.4 is 5.73 Å². The van der Waals surface area contributed by atoms with Crippen molar-refractivity contribution in [3.63, 3.8) is 0 Å². The second-order valence-electron chi connectivity index (χ2n) is 5.83. The van der Waals surface area contributed by atoms with E-state index in [-0.39, 0.29) is 11.8 Å². The summed E-state index contributed by atoms with van der Waals surface area (Å²) in [6.07, 6.45) is 2.85. The average molecular weight is 375 g/mol. The Hall–Kier alpha value is 0.0200. The number of ether oxygens (including phenoxy) is 2. The molecule has 6 heteroatoms. The summed E-state index contributed by atoms with van der Waals surface area (Å²) in [6.45, 7) is 5.59. The van der Waals surface area contributed by atoms with Crippen molar-refractivity contribution in [3.05, 3.63) is 20.8 Å². The smallest absolute Gasteiger partial charge is 0.170 e. The van der Waals surface area contributed by atoms with E-state index in [0.717, 1.165) is 50.0 Å². The molecule has 0 radical (unpaired) electrons. The monoisotopic (exact) mass is 374 g/mol. The van der Waals surface area contributed by atoms with Crippen LogP contribution in [0.4, 0.5) is 0 Å². The number of rotatable bonds is 4. The van der Waals surface area contributed by atoms with Crippen molar-refractivity contribution in [2.75, 3.05) is 26.3 Å². The van der Waals surface area contributed by atoms with E-state index in [1.807, 2.05) is 0 Å². The second-order valence-corrected chi connectivity index (χ2v) is 7.69. The number of thiophene rings is 1. The molecule has 21 heavy (non-hydrogen) atoms. The topological polar surface area (TPSA) is 47.7 Å². The molecule has 2 unspecified atom stereocenters. The summed E-state index contributed by atoms with van der Waals surface area (Å²) in [5, 5.41) is 2.14. The van der Waals surface area contributed by atoms with Crippen LogP contribution in [-0.4, -0.2) is 43.0 Å². The van der Waals surface area contributed by atoms with E-state index in [1.54, 1.807) is 11.3 Å². The fourth-order valence-corrected chi connectivity index (χ4v) is 4.95. The van der Waals surface area contributed by atoms with Crippen LogP contribution in [0, 0.1) is 0 Å². The average Bonchev–Trinajstić information content (AvgIpc) is 3.11. The highest BCUT2D eigenvalue weighted by atomic mass is 79.9. The van der Waals surface area contributed by atoms with Gasteiger partial charge in [-0.3, -0.25) is 4.90 Å². The molecular formula is C15H23BrN2O2S. The van der Waals surface area contributed by atoms with Gasteiger partial charge in [0.1, 0.15) is 0 Å². The fourth-order valence-electron chi connectivity index (χ4n) is 3.30. The quantitative estimate of drug-likeness (QED) is 0.879. The summed E-state index contributed by atoms with van der Waals surface area (Å²) in [5.41, 5.74) is 6.42. The number of hydrogen-bond acceptors (Lipinski definition) is 5.